The van der Waals surface area contributed by atoms with Crippen molar-refractivity contribution in [3.63, 3.8) is 0 Å². The Hall–Kier alpha value is -2.30. The van der Waals surface area contributed by atoms with E-state index in [4.69, 9.17) is 4.74 Å². The summed E-state index contributed by atoms with van der Waals surface area (Å²) in [5.41, 5.74) is 3.01. The Morgan fingerprint density at radius 1 is 1.43 bits per heavy atom. The van der Waals surface area contributed by atoms with Gasteiger partial charge >= 0.3 is 0 Å². The molecule has 1 aromatic heterocycles. The first-order valence-corrected chi connectivity index (χ1v) is 7.33. The van der Waals surface area contributed by atoms with Crippen molar-refractivity contribution in [1.29, 1.82) is 0 Å². The van der Waals surface area contributed by atoms with Crippen LogP contribution in [0, 0.1) is 0 Å². The second kappa shape index (κ2) is 5.99. The molecule has 0 aliphatic carbocycles. The van der Waals surface area contributed by atoms with Gasteiger partial charge in [-0.15, -0.1) is 0 Å². The molecule has 5 nitrogen and oxygen atoms in total. The van der Waals surface area contributed by atoms with Crippen LogP contribution in [0.2, 0.25) is 0 Å². The molecule has 21 heavy (non-hydrogen) atoms. The first kappa shape index (κ1) is 13.7. The Balaban J connectivity index is 1.81. The minimum atomic E-state index is -0.00155. The lowest BCUT2D eigenvalue weighted by Crippen LogP contribution is -2.29. The summed E-state index contributed by atoms with van der Waals surface area (Å²) in [5, 5.41) is 7.26. The van der Waals surface area contributed by atoms with Crippen LogP contribution in [0.15, 0.2) is 30.5 Å². The largest absolute Gasteiger partial charge is 0.488 e. The predicted octanol–water partition coefficient (Wildman–Crippen LogP) is 2.36. The van der Waals surface area contributed by atoms with Crippen molar-refractivity contribution in [3.8, 4) is 17.0 Å². The van der Waals surface area contributed by atoms with Gasteiger partial charge in [0.25, 0.3) is 0 Å². The number of aromatic nitrogens is 2. The third-order valence-corrected chi connectivity index (χ3v) is 3.59. The number of fused-ring (bicyclic) bond motifs is 3. The van der Waals surface area contributed by atoms with Gasteiger partial charge in [-0.1, -0.05) is 25.5 Å². The average Bonchev–Trinajstić information content (AvgIpc) is 2.91. The number of nitrogens with one attached hydrogen (secondary N) is 1. The molecule has 1 N–H and O–H groups in total. The van der Waals surface area contributed by atoms with Gasteiger partial charge in [-0.2, -0.15) is 5.10 Å². The van der Waals surface area contributed by atoms with E-state index in [1.807, 2.05) is 24.3 Å². The fraction of sp³-hybridized carbons (Fsp3) is 0.375. The van der Waals surface area contributed by atoms with Crippen molar-refractivity contribution < 1.29 is 9.53 Å². The maximum Gasteiger partial charge on any atom is 0.241 e. The summed E-state index contributed by atoms with van der Waals surface area (Å²) in [6.07, 6.45) is 3.85. The summed E-state index contributed by atoms with van der Waals surface area (Å²) in [7, 11) is 0. The van der Waals surface area contributed by atoms with Gasteiger partial charge in [-0.05, 0) is 18.6 Å². The Morgan fingerprint density at radius 2 is 2.29 bits per heavy atom. The summed E-state index contributed by atoms with van der Waals surface area (Å²) in [6, 6.07) is 7.86. The summed E-state index contributed by atoms with van der Waals surface area (Å²) in [4.78, 5) is 12.0. The summed E-state index contributed by atoms with van der Waals surface area (Å²) >= 11 is 0. The van der Waals surface area contributed by atoms with E-state index < -0.39 is 0 Å². The maximum absolute atomic E-state index is 12.0. The number of para-hydroxylation sites is 1. The number of rotatable bonds is 5. The van der Waals surface area contributed by atoms with Crippen molar-refractivity contribution >= 4 is 5.91 Å². The van der Waals surface area contributed by atoms with Crippen LogP contribution in [0.3, 0.4) is 0 Å². The number of ether oxygens (including phenoxy) is 1. The molecule has 0 saturated carbocycles. The summed E-state index contributed by atoms with van der Waals surface area (Å²) in [6.45, 7) is 3.57. The Bertz CT molecular complexity index is 649. The zero-order valence-corrected chi connectivity index (χ0v) is 12.1. The van der Waals surface area contributed by atoms with Gasteiger partial charge in [-0.3, -0.25) is 9.48 Å². The third kappa shape index (κ3) is 2.77. The number of nitrogens with zero attached hydrogens (tertiary/aromatic N) is 2. The van der Waals surface area contributed by atoms with E-state index in [2.05, 4.69) is 17.3 Å². The first-order chi connectivity index (χ1) is 10.3. The maximum atomic E-state index is 12.0. The van der Waals surface area contributed by atoms with Gasteiger partial charge in [0.2, 0.25) is 5.91 Å². The Morgan fingerprint density at radius 3 is 3.14 bits per heavy atom. The number of hydrogen-bond donors (Lipinski definition) is 1. The second-order valence-electron chi connectivity index (χ2n) is 5.16. The van der Waals surface area contributed by atoms with Crippen LogP contribution in [-0.4, -0.2) is 22.2 Å². The lowest BCUT2D eigenvalue weighted by Gasteiger charge is -2.19. The monoisotopic (exact) mass is 285 g/mol. The van der Waals surface area contributed by atoms with Crippen LogP contribution < -0.4 is 10.1 Å². The fourth-order valence-electron chi connectivity index (χ4n) is 2.50. The van der Waals surface area contributed by atoms with Crippen LogP contribution in [-0.2, 0) is 17.9 Å². The Kier molecular flexibility index (Phi) is 3.90. The first-order valence-electron chi connectivity index (χ1n) is 7.33. The van der Waals surface area contributed by atoms with Crippen molar-refractivity contribution in [2.24, 2.45) is 0 Å². The van der Waals surface area contributed by atoms with Gasteiger partial charge in [0.15, 0.2) is 0 Å². The number of carbonyl (C=O) groups excluding carboxylic acids is 1. The van der Waals surface area contributed by atoms with Crippen molar-refractivity contribution in [2.45, 2.75) is 32.9 Å². The zero-order valence-electron chi connectivity index (χ0n) is 12.1. The van der Waals surface area contributed by atoms with Crippen LogP contribution in [0.4, 0.5) is 0 Å². The summed E-state index contributed by atoms with van der Waals surface area (Å²) in [5.74, 6) is 0.844. The van der Waals surface area contributed by atoms with E-state index in [-0.39, 0.29) is 12.5 Å². The minimum Gasteiger partial charge on any atom is -0.488 e. The van der Waals surface area contributed by atoms with Crippen molar-refractivity contribution in [1.82, 2.24) is 15.1 Å². The zero-order chi connectivity index (χ0) is 14.7. The molecule has 1 aromatic carbocycles. The van der Waals surface area contributed by atoms with Crippen molar-refractivity contribution in [2.75, 3.05) is 6.54 Å². The molecular formula is C16H19N3O2. The van der Waals surface area contributed by atoms with E-state index in [0.717, 1.165) is 42.0 Å². The molecule has 110 valence electrons. The van der Waals surface area contributed by atoms with E-state index in [1.54, 1.807) is 10.9 Å². The highest BCUT2D eigenvalue weighted by Gasteiger charge is 2.22. The van der Waals surface area contributed by atoms with E-state index in [1.165, 1.54) is 0 Å². The molecule has 1 amide bonds. The van der Waals surface area contributed by atoms with Gasteiger partial charge in [0.1, 0.15) is 18.9 Å². The van der Waals surface area contributed by atoms with Crippen LogP contribution in [0.5, 0.6) is 5.75 Å². The highest BCUT2D eigenvalue weighted by Crippen LogP contribution is 2.36. The average molecular weight is 285 g/mol. The molecule has 0 radical (unpaired) electrons. The van der Waals surface area contributed by atoms with E-state index >= 15 is 0 Å². The fourth-order valence-corrected chi connectivity index (χ4v) is 2.50. The number of carbonyl (C=O) groups is 1. The van der Waals surface area contributed by atoms with E-state index in [0.29, 0.717) is 6.61 Å². The van der Waals surface area contributed by atoms with Crippen LogP contribution in [0.25, 0.3) is 11.3 Å². The topological polar surface area (TPSA) is 56.2 Å². The number of hydrogen-bond acceptors (Lipinski definition) is 3. The number of benzene rings is 1. The molecule has 0 saturated heterocycles. The highest BCUT2D eigenvalue weighted by atomic mass is 16.5. The van der Waals surface area contributed by atoms with Crippen LogP contribution >= 0.6 is 0 Å². The van der Waals surface area contributed by atoms with Gasteiger partial charge < -0.3 is 10.1 Å². The normalized spacial score (nSPS) is 12.2. The molecule has 0 atom stereocenters. The standard InChI is InChI=1S/C16H19N3O2/c1-2-3-8-17-15(20)10-19-16-12(9-18-19)11-21-14-7-5-4-6-13(14)16/h4-7,9H,2-3,8,10-11H2,1H3,(H,17,20). The van der Waals surface area contributed by atoms with Gasteiger partial charge in [0, 0.05) is 17.7 Å². The number of amides is 1. The molecule has 0 fully saturated rings. The SMILES string of the molecule is CCCCNC(=O)Cn1ncc2c1-c1ccccc1OC2. The molecule has 1 aliphatic rings. The molecule has 0 unspecified atom stereocenters. The molecular weight excluding hydrogens is 266 g/mol. The van der Waals surface area contributed by atoms with Crippen LogP contribution in [0.1, 0.15) is 25.3 Å². The van der Waals surface area contributed by atoms with Gasteiger partial charge in [-0.25, -0.2) is 0 Å². The van der Waals surface area contributed by atoms with E-state index in [9.17, 15) is 4.79 Å². The minimum absolute atomic E-state index is 0.00155. The molecule has 3 rings (SSSR count). The molecule has 5 heteroatoms. The molecule has 2 heterocycles. The third-order valence-electron chi connectivity index (χ3n) is 3.59. The molecule has 0 bridgehead atoms. The summed E-state index contributed by atoms with van der Waals surface area (Å²) < 4.78 is 7.46. The lowest BCUT2D eigenvalue weighted by molar-refractivity contribution is -0.121. The highest BCUT2D eigenvalue weighted by molar-refractivity contribution is 5.78. The van der Waals surface area contributed by atoms with Gasteiger partial charge in [0.05, 0.1) is 11.9 Å². The second-order valence-corrected chi connectivity index (χ2v) is 5.16. The molecule has 0 spiro atoms. The lowest BCUT2D eigenvalue weighted by atomic mass is 10.0. The molecule has 2 aromatic rings. The quantitative estimate of drug-likeness (QED) is 0.858. The predicted molar refractivity (Wildman–Crippen MR) is 79.9 cm³/mol. The smallest absolute Gasteiger partial charge is 0.241 e. The number of unbranched alkanes of at least 4 members (excludes halogenated alkanes) is 1. The molecule has 1 aliphatic heterocycles. The van der Waals surface area contributed by atoms with Crippen molar-refractivity contribution in [3.05, 3.63) is 36.0 Å². The Labute approximate surface area is 123 Å².